The maximum absolute atomic E-state index is 5.61. The van der Waals surface area contributed by atoms with Gasteiger partial charge in [0.2, 0.25) is 0 Å². The smallest absolute Gasteiger partial charge is 0.0700 e. The Bertz CT molecular complexity index is 191. The summed E-state index contributed by atoms with van der Waals surface area (Å²) in [6, 6.07) is 0.659. The number of rotatable bonds is 10. The first kappa shape index (κ1) is 15.9. The van der Waals surface area contributed by atoms with Gasteiger partial charge in [-0.2, -0.15) is 0 Å². The van der Waals surface area contributed by atoms with Crippen molar-refractivity contribution >= 4 is 0 Å². The third-order valence-corrected chi connectivity index (χ3v) is 3.75. The van der Waals surface area contributed by atoms with Crippen LogP contribution in [-0.2, 0) is 4.74 Å². The van der Waals surface area contributed by atoms with Gasteiger partial charge >= 0.3 is 0 Å². The predicted octanol–water partition coefficient (Wildman–Crippen LogP) is 2.66. The van der Waals surface area contributed by atoms with E-state index >= 15 is 0 Å². The first-order valence-electron chi connectivity index (χ1n) is 7.80. The molecule has 0 amide bonds. The topological polar surface area (TPSA) is 24.5 Å². The standard InChI is InChI=1S/C15H32N2O/c1-4-5-6-10-17(14(2)3)11-9-16-13-15-8-7-12-18-15/h14-16H,4-13H2,1-3H3. The lowest BCUT2D eigenvalue weighted by molar-refractivity contribution is 0.108. The zero-order valence-corrected chi connectivity index (χ0v) is 12.6. The number of unbranched alkanes of at least 4 members (excludes halogenated alkanes) is 2. The number of hydrogen-bond acceptors (Lipinski definition) is 3. The van der Waals surface area contributed by atoms with Crippen molar-refractivity contribution in [1.29, 1.82) is 0 Å². The highest BCUT2D eigenvalue weighted by molar-refractivity contribution is 4.69. The minimum atomic E-state index is 0.470. The second-order valence-corrected chi connectivity index (χ2v) is 5.68. The quantitative estimate of drug-likeness (QED) is 0.608. The van der Waals surface area contributed by atoms with Gasteiger partial charge in [0.25, 0.3) is 0 Å². The van der Waals surface area contributed by atoms with Crippen molar-refractivity contribution in [2.75, 3.05) is 32.8 Å². The molecular weight excluding hydrogens is 224 g/mol. The minimum absolute atomic E-state index is 0.470. The molecule has 3 heteroatoms. The summed E-state index contributed by atoms with van der Waals surface area (Å²) in [4.78, 5) is 2.58. The molecule has 1 fully saturated rings. The van der Waals surface area contributed by atoms with Gasteiger partial charge in [0.05, 0.1) is 6.10 Å². The second-order valence-electron chi connectivity index (χ2n) is 5.68. The lowest BCUT2D eigenvalue weighted by Gasteiger charge is -2.26. The SMILES string of the molecule is CCCCCN(CCNCC1CCCO1)C(C)C. The number of ether oxygens (including phenoxy) is 1. The molecule has 0 aromatic rings. The molecule has 1 N–H and O–H groups in total. The van der Waals surface area contributed by atoms with E-state index in [1.807, 2.05) is 0 Å². The van der Waals surface area contributed by atoms with Gasteiger partial charge < -0.3 is 10.1 Å². The zero-order valence-electron chi connectivity index (χ0n) is 12.6. The van der Waals surface area contributed by atoms with Gasteiger partial charge in [0.1, 0.15) is 0 Å². The summed E-state index contributed by atoms with van der Waals surface area (Å²) >= 11 is 0. The van der Waals surface area contributed by atoms with Crippen molar-refractivity contribution < 1.29 is 4.74 Å². The van der Waals surface area contributed by atoms with Crippen molar-refractivity contribution in [2.24, 2.45) is 0 Å². The van der Waals surface area contributed by atoms with E-state index in [0.29, 0.717) is 12.1 Å². The van der Waals surface area contributed by atoms with Crippen LogP contribution >= 0.6 is 0 Å². The number of nitrogens with one attached hydrogen (secondary N) is 1. The van der Waals surface area contributed by atoms with Gasteiger partial charge in [0, 0.05) is 32.3 Å². The van der Waals surface area contributed by atoms with Crippen molar-refractivity contribution in [1.82, 2.24) is 10.2 Å². The molecule has 1 aliphatic rings. The van der Waals surface area contributed by atoms with Crippen LogP contribution in [0.25, 0.3) is 0 Å². The molecule has 0 bridgehead atoms. The molecule has 0 aliphatic carbocycles. The van der Waals surface area contributed by atoms with Crippen LogP contribution in [0.5, 0.6) is 0 Å². The fraction of sp³-hybridized carbons (Fsp3) is 1.00. The van der Waals surface area contributed by atoms with Crippen LogP contribution < -0.4 is 5.32 Å². The molecule has 1 heterocycles. The molecule has 1 saturated heterocycles. The van der Waals surface area contributed by atoms with Crippen molar-refractivity contribution in [3.63, 3.8) is 0 Å². The normalized spacial score (nSPS) is 20.2. The maximum Gasteiger partial charge on any atom is 0.0700 e. The van der Waals surface area contributed by atoms with Crippen LogP contribution in [0.1, 0.15) is 52.9 Å². The maximum atomic E-state index is 5.61. The molecule has 1 unspecified atom stereocenters. The van der Waals surface area contributed by atoms with Gasteiger partial charge in [-0.05, 0) is 39.7 Å². The van der Waals surface area contributed by atoms with Gasteiger partial charge in [-0.25, -0.2) is 0 Å². The average molecular weight is 256 g/mol. The molecule has 1 rings (SSSR count). The molecule has 0 spiro atoms. The van der Waals surface area contributed by atoms with E-state index in [1.54, 1.807) is 0 Å². The fourth-order valence-electron chi connectivity index (χ4n) is 2.48. The first-order valence-corrected chi connectivity index (χ1v) is 7.80. The Hall–Kier alpha value is -0.120. The summed E-state index contributed by atoms with van der Waals surface area (Å²) in [7, 11) is 0. The molecule has 1 atom stereocenters. The van der Waals surface area contributed by atoms with Crippen molar-refractivity contribution in [3.05, 3.63) is 0 Å². The summed E-state index contributed by atoms with van der Waals surface area (Å²) in [5.41, 5.74) is 0. The van der Waals surface area contributed by atoms with Crippen LogP contribution in [0.15, 0.2) is 0 Å². The van der Waals surface area contributed by atoms with Gasteiger partial charge in [-0.3, -0.25) is 4.90 Å². The zero-order chi connectivity index (χ0) is 13.2. The van der Waals surface area contributed by atoms with Gasteiger partial charge in [-0.1, -0.05) is 19.8 Å². The summed E-state index contributed by atoms with van der Waals surface area (Å²) in [5.74, 6) is 0. The Balaban J connectivity index is 2.04. The molecule has 108 valence electrons. The highest BCUT2D eigenvalue weighted by atomic mass is 16.5. The summed E-state index contributed by atoms with van der Waals surface area (Å²) in [6.45, 7) is 12.3. The molecule has 0 saturated carbocycles. The minimum Gasteiger partial charge on any atom is -0.377 e. The van der Waals surface area contributed by atoms with E-state index in [4.69, 9.17) is 4.74 Å². The molecular formula is C15H32N2O. The molecule has 18 heavy (non-hydrogen) atoms. The molecule has 0 aromatic carbocycles. The second kappa shape index (κ2) is 9.76. The van der Waals surface area contributed by atoms with E-state index in [0.717, 1.165) is 26.2 Å². The molecule has 3 nitrogen and oxygen atoms in total. The van der Waals surface area contributed by atoms with Gasteiger partial charge in [0.15, 0.2) is 0 Å². The van der Waals surface area contributed by atoms with Crippen LogP contribution in [0.2, 0.25) is 0 Å². The van der Waals surface area contributed by atoms with E-state index in [9.17, 15) is 0 Å². The lowest BCUT2D eigenvalue weighted by Crippen LogP contribution is -2.39. The fourth-order valence-corrected chi connectivity index (χ4v) is 2.48. The summed E-state index contributed by atoms with van der Waals surface area (Å²) in [5, 5.41) is 3.54. The molecule has 1 aliphatic heterocycles. The predicted molar refractivity (Wildman–Crippen MR) is 78.1 cm³/mol. The largest absolute Gasteiger partial charge is 0.377 e. The van der Waals surface area contributed by atoms with Crippen molar-refractivity contribution in [3.8, 4) is 0 Å². The third kappa shape index (κ3) is 6.72. The van der Waals surface area contributed by atoms with E-state index in [-0.39, 0.29) is 0 Å². The first-order chi connectivity index (χ1) is 8.74. The Kier molecular flexibility index (Phi) is 8.64. The van der Waals surface area contributed by atoms with E-state index < -0.39 is 0 Å². The van der Waals surface area contributed by atoms with E-state index in [1.165, 1.54) is 38.6 Å². The Morgan fingerprint density at radius 3 is 2.72 bits per heavy atom. The number of hydrogen-bond donors (Lipinski definition) is 1. The Labute approximate surface area is 113 Å². The van der Waals surface area contributed by atoms with Crippen LogP contribution in [-0.4, -0.2) is 49.8 Å². The average Bonchev–Trinajstić information content (AvgIpc) is 2.85. The number of nitrogens with zero attached hydrogens (tertiary/aromatic N) is 1. The van der Waals surface area contributed by atoms with Crippen LogP contribution in [0, 0.1) is 0 Å². The lowest BCUT2D eigenvalue weighted by atomic mass is 10.2. The van der Waals surface area contributed by atoms with Crippen LogP contribution in [0.4, 0.5) is 0 Å². The highest BCUT2D eigenvalue weighted by Crippen LogP contribution is 2.10. The summed E-state index contributed by atoms with van der Waals surface area (Å²) < 4.78 is 5.61. The van der Waals surface area contributed by atoms with E-state index in [2.05, 4.69) is 31.0 Å². The monoisotopic (exact) mass is 256 g/mol. The van der Waals surface area contributed by atoms with Crippen molar-refractivity contribution in [2.45, 2.75) is 65.0 Å². The Morgan fingerprint density at radius 2 is 2.11 bits per heavy atom. The third-order valence-electron chi connectivity index (χ3n) is 3.75. The van der Waals surface area contributed by atoms with Crippen LogP contribution in [0.3, 0.4) is 0 Å². The molecule has 0 radical (unpaired) electrons. The highest BCUT2D eigenvalue weighted by Gasteiger charge is 2.14. The molecule has 0 aromatic heterocycles. The van der Waals surface area contributed by atoms with Gasteiger partial charge in [-0.15, -0.1) is 0 Å². The summed E-state index contributed by atoms with van der Waals surface area (Å²) in [6.07, 6.45) is 6.94. The Morgan fingerprint density at radius 1 is 1.28 bits per heavy atom.